The minimum absolute atomic E-state index is 0.0366. The van der Waals surface area contributed by atoms with Crippen molar-refractivity contribution in [3.8, 4) is 11.5 Å². The summed E-state index contributed by atoms with van der Waals surface area (Å²) in [4.78, 5) is 6.85. The number of halogens is 3. The van der Waals surface area contributed by atoms with E-state index in [-0.39, 0.29) is 31.4 Å². The molecular weight excluding hydrogens is 351 g/mol. The number of guanidine groups is 1. The van der Waals surface area contributed by atoms with Crippen molar-refractivity contribution in [2.45, 2.75) is 25.2 Å². The summed E-state index contributed by atoms with van der Waals surface area (Å²) in [5, 5.41) is 9.69. The van der Waals surface area contributed by atoms with Gasteiger partial charge in [-0.2, -0.15) is 18.2 Å². The molecule has 1 atom stereocenters. The predicted octanol–water partition coefficient (Wildman–Crippen LogP) is 2.91. The van der Waals surface area contributed by atoms with Gasteiger partial charge in [0, 0.05) is 31.3 Å². The van der Waals surface area contributed by atoms with E-state index in [1.165, 1.54) is 18.1 Å². The fraction of sp³-hybridized carbons (Fsp3) is 0.471. The summed E-state index contributed by atoms with van der Waals surface area (Å²) < 4.78 is 50.5. The highest BCUT2D eigenvalue weighted by atomic mass is 19.4. The SMILES string of the molecule is COc1ccc(CN2CCC(C(F)(F)F)N3CC=C(O)N=C23)c(OC)c1. The van der Waals surface area contributed by atoms with Crippen LogP contribution in [0.25, 0.3) is 0 Å². The minimum atomic E-state index is -4.36. The molecule has 0 aromatic heterocycles. The molecule has 0 spiro atoms. The van der Waals surface area contributed by atoms with Gasteiger partial charge in [-0.15, -0.1) is 0 Å². The number of aliphatic imine (C=N–C) groups is 1. The average Bonchev–Trinajstić information content (AvgIpc) is 2.61. The summed E-state index contributed by atoms with van der Waals surface area (Å²) in [6.07, 6.45) is -3.15. The number of ether oxygens (including phenoxy) is 2. The molecule has 1 aromatic carbocycles. The molecule has 0 bridgehead atoms. The van der Waals surface area contributed by atoms with Crippen molar-refractivity contribution in [3.05, 3.63) is 35.7 Å². The Labute approximate surface area is 149 Å². The highest BCUT2D eigenvalue weighted by Crippen LogP contribution is 2.34. The zero-order valence-electron chi connectivity index (χ0n) is 14.5. The van der Waals surface area contributed by atoms with Gasteiger partial charge in [-0.1, -0.05) is 0 Å². The molecule has 0 radical (unpaired) electrons. The Kier molecular flexibility index (Phi) is 4.88. The fourth-order valence-corrected chi connectivity index (χ4v) is 3.21. The van der Waals surface area contributed by atoms with Gasteiger partial charge in [0.1, 0.15) is 17.5 Å². The van der Waals surface area contributed by atoms with Crippen LogP contribution in [0, 0.1) is 0 Å². The smallest absolute Gasteiger partial charge is 0.408 e. The van der Waals surface area contributed by atoms with Gasteiger partial charge in [0.15, 0.2) is 0 Å². The lowest BCUT2D eigenvalue weighted by molar-refractivity contribution is -0.180. The third-order valence-electron chi connectivity index (χ3n) is 4.51. The summed E-state index contributed by atoms with van der Waals surface area (Å²) in [5.74, 6) is 1.05. The number of methoxy groups -OCH3 is 2. The number of alkyl halides is 3. The van der Waals surface area contributed by atoms with E-state index in [4.69, 9.17) is 9.47 Å². The first-order valence-electron chi connectivity index (χ1n) is 8.10. The van der Waals surface area contributed by atoms with Crippen LogP contribution in [0.5, 0.6) is 11.5 Å². The number of aliphatic hydroxyl groups excluding tert-OH is 1. The third-order valence-corrected chi connectivity index (χ3v) is 4.51. The Bertz CT molecular complexity index is 734. The number of hydrogen-bond acceptors (Lipinski definition) is 6. The summed E-state index contributed by atoms with van der Waals surface area (Å²) >= 11 is 0. The van der Waals surface area contributed by atoms with Gasteiger partial charge >= 0.3 is 6.18 Å². The molecule has 0 aliphatic carbocycles. The monoisotopic (exact) mass is 371 g/mol. The first kappa shape index (κ1) is 18.2. The van der Waals surface area contributed by atoms with E-state index in [1.807, 2.05) is 0 Å². The second-order valence-electron chi connectivity index (χ2n) is 6.07. The third kappa shape index (κ3) is 3.51. The maximum absolute atomic E-state index is 13.3. The maximum Gasteiger partial charge on any atom is 0.408 e. The number of hydrogen-bond donors (Lipinski definition) is 1. The van der Waals surface area contributed by atoms with Crippen LogP contribution in [0.4, 0.5) is 13.2 Å². The van der Waals surface area contributed by atoms with Gasteiger partial charge in [0.05, 0.1) is 14.2 Å². The molecule has 9 heteroatoms. The average molecular weight is 371 g/mol. The molecule has 26 heavy (non-hydrogen) atoms. The molecular formula is C17H20F3N3O3. The van der Waals surface area contributed by atoms with Crippen molar-refractivity contribution in [3.63, 3.8) is 0 Å². The van der Waals surface area contributed by atoms with Gasteiger partial charge in [0.25, 0.3) is 0 Å². The van der Waals surface area contributed by atoms with Crippen molar-refractivity contribution in [2.24, 2.45) is 4.99 Å². The van der Waals surface area contributed by atoms with Crippen LogP contribution < -0.4 is 9.47 Å². The molecule has 0 amide bonds. The Balaban J connectivity index is 1.88. The molecule has 2 heterocycles. The van der Waals surface area contributed by atoms with Crippen molar-refractivity contribution in [1.82, 2.24) is 9.80 Å². The van der Waals surface area contributed by atoms with E-state index >= 15 is 0 Å². The molecule has 1 saturated heterocycles. The van der Waals surface area contributed by atoms with Gasteiger partial charge in [0.2, 0.25) is 11.8 Å². The molecule has 142 valence electrons. The van der Waals surface area contributed by atoms with Crippen LogP contribution in [0.15, 0.2) is 35.2 Å². The molecule has 1 N–H and O–H groups in total. The van der Waals surface area contributed by atoms with Crippen molar-refractivity contribution in [1.29, 1.82) is 0 Å². The molecule has 3 rings (SSSR count). The van der Waals surface area contributed by atoms with E-state index in [2.05, 4.69) is 4.99 Å². The summed E-state index contributed by atoms with van der Waals surface area (Å²) in [5.41, 5.74) is 0.787. The van der Waals surface area contributed by atoms with E-state index < -0.39 is 12.2 Å². The Morgan fingerprint density at radius 1 is 1.27 bits per heavy atom. The summed E-state index contributed by atoms with van der Waals surface area (Å²) in [7, 11) is 3.06. The molecule has 1 aromatic rings. The van der Waals surface area contributed by atoms with Gasteiger partial charge in [-0.3, -0.25) is 0 Å². The molecule has 1 fully saturated rings. The topological polar surface area (TPSA) is 57.5 Å². The van der Waals surface area contributed by atoms with E-state index in [1.54, 1.807) is 30.2 Å². The van der Waals surface area contributed by atoms with E-state index in [9.17, 15) is 18.3 Å². The van der Waals surface area contributed by atoms with Crippen LogP contribution in [-0.4, -0.2) is 60.4 Å². The fourth-order valence-electron chi connectivity index (χ4n) is 3.21. The lowest BCUT2D eigenvalue weighted by Gasteiger charge is -2.45. The lowest BCUT2D eigenvalue weighted by Crippen LogP contribution is -2.60. The van der Waals surface area contributed by atoms with Gasteiger partial charge in [-0.25, -0.2) is 0 Å². The normalized spacial score (nSPS) is 20.3. The lowest BCUT2D eigenvalue weighted by atomic mass is 10.1. The Morgan fingerprint density at radius 2 is 2.04 bits per heavy atom. The molecule has 6 nitrogen and oxygen atoms in total. The molecule has 2 aliphatic rings. The Morgan fingerprint density at radius 3 is 2.69 bits per heavy atom. The second kappa shape index (κ2) is 6.97. The van der Waals surface area contributed by atoms with Crippen LogP contribution in [0.3, 0.4) is 0 Å². The number of rotatable bonds is 4. The molecule has 2 aliphatic heterocycles. The van der Waals surface area contributed by atoms with Gasteiger partial charge in [-0.05, 0) is 24.6 Å². The van der Waals surface area contributed by atoms with Crippen LogP contribution in [-0.2, 0) is 6.54 Å². The number of fused-ring (bicyclic) bond motifs is 1. The maximum atomic E-state index is 13.3. The largest absolute Gasteiger partial charge is 0.497 e. The zero-order valence-corrected chi connectivity index (χ0v) is 14.5. The summed E-state index contributed by atoms with van der Waals surface area (Å²) in [6, 6.07) is 3.67. The highest BCUT2D eigenvalue weighted by Gasteiger charge is 2.48. The van der Waals surface area contributed by atoms with Crippen LogP contribution in [0.1, 0.15) is 12.0 Å². The zero-order chi connectivity index (χ0) is 18.9. The number of nitrogens with zero attached hydrogens (tertiary/aromatic N) is 3. The van der Waals surface area contributed by atoms with Crippen molar-refractivity contribution in [2.75, 3.05) is 27.3 Å². The standard InChI is InChI=1S/C17H20F3N3O3/c1-25-12-4-3-11(13(9-12)26-2)10-22-7-5-14(17(18,19)20)23-8-6-15(24)21-16(22)23/h3-4,6,9,14,24H,5,7-8,10H2,1-2H3. The van der Waals surface area contributed by atoms with Crippen LogP contribution >= 0.6 is 0 Å². The highest BCUT2D eigenvalue weighted by molar-refractivity contribution is 5.83. The number of aliphatic hydroxyl groups is 1. The molecule has 0 saturated carbocycles. The number of benzene rings is 1. The quantitative estimate of drug-likeness (QED) is 0.882. The minimum Gasteiger partial charge on any atom is -0.497 e. The Hall–Kier alpha value is -2.58. The van der Waals surface area contributed by atoms with Gasteiger partial charge < -0.3 is 24.4 Å². The second-order valence-corrected chi connectivity index (χ2v) is 6.07. The van der Waals surface area contributed by atoms with E-state index in [0.29, 0.717) is 18.0 Å². The summed E-state index contributed by atoms with van der Waals surface area (Å²) in [6.45, 7) is 0.438. The van der Waals surface area contributed by atoms with E-state index in [0.717, 1.165) is 5.56 Å². The predicted molar refractivity (Wildman–Crippen MR) is 89.3 cm³/mol. The first-order valence-corrected chi connectivity index (χ1v) is 8.10. The van der Waals surface area contributed by atoms with Crippen LogP contribution in [0.2, 0.25) is 0 Å². The molecule has 1 unspecified atom stereocenters. The van der Waals surface area contributed by atoms with Crippen molar-refractivity contribution >= 4 is 5.96 Å². The van der Waals surface area contributed by atoms with Crippen molar-refractivity contribution < 1.29 is 27.8 Å². The first-order chi connectivity index (χ1) is 12.3.